The number of hydrogen-bond acceptors (Lipinski definition) is 5. The van der Waals surface area contributed by atoms with Gasteiger partial charge in [-0.05, 0) is 41.6 Å². The quantitative estimate of drug-likeness (QED) is 0.451. The Bertz CT molecular complexity index is 1300. The summed E-state index contributed by atoms with van der Waals surface area (Å²) in [6.45, 7) is 2.32. The van der Waals surface area contributed by atoms with E-state index in [0.29, 0.717) is 37.8 Å². The molecule has 34 heavy (non-hydrogen) atoms. The van der Waals surface area contributed by atoms with Crippen molar-refractivity contribution < 1.29 is 19.1 Å². The zero-order chi connectivity index (χ0) is 23.7. The number of halogens is 1. The van der Waals surface area contributed by atoms with Crippen LogP contribution in [0.2, 0.25) is 0 Å². The molecular formula is C25H22BrN3O4S. The Hall–Kier alpha value is -2.88. The van der Waals surface area contributed by atoms with Crippen LogP contribution in [0.3, 0.4) is 0 Å². The molecule has 0 aliphatic carbocycles. The summed E-state index contributed by atoms with van der Waals surface area (Å²) in [5, 5.41) is 0.550. The lowest BCUT2D eigenvalue weighted by atomic mass is 10.1. The van der Waals surface area contributed by atoms with E-state index in [-0.39, 0.29) is 12.5 Å². The summed E-state index contributed by atoms with van der Waals surface area (Å²) in [6.07, 6.45) is 3.75. The number of carbonyl (C=O) groups is 3. The van der Waals surface area contributed by atoms with E-state index in [4.69, 9.17) is 4.74 Å². The molecule has 0 radical (unpaired) electrons. The van der Waals surface area contributed by atoms with E-state index in [0.717, 1.165) is 43.2 Å². The van der Waals surface area contributed by atoms with Crippen LogP contribution in [-0.4, -0.2) is 64.3 Å². The van der Waals surface area contributed by atoms with Gasteiger partial charge < -0.3 is 14.2 Å². The molecule has 2 aliphatic heterocycles. The van der Waals surface area contributed by atoms with Crippen molar-refractivity contribution in [3.05, 3.63) is 75.2 Å². The number of thioether (sulfide) groups is 1. The Morgan fingerprint density at radius 2 is 1.85 bits per heavy atom. The summed E-state index contributed by atoms with van der Waals surface area (Å²) in [4.78, 5) is 41.2. The molecule has 0 N–H and O–H groups in total. The van der Waals surface area contributed by atoms with Crippen molar-refractivity contribution >= 4 is 61.7 Å². The largest absolute Gasteiger partial charge is 0.378 e. The molecule has 174 valence electrons. The first-order valence-corrected chi connectivity index (χ1v) is 12.5. The Morgan fingerprint density at radius 3 is 2.62 bits per heavy atom. The second-order valence-electron chi connectivity index (χ2n) is 8.12. The summed E-state index contributed by atoms with van der Waals surface area (Å²) in [5.41, 5.74) is 3.04. The topological polar surface area (TPSA) is 71.9 Å². The third kappa shape index (κ3) is 4.68. The fourth-order valence-electron chi connectivity index (χ4n) is 4.15. The normalized spacial score (nSPS) is 17.9. The highest BCUT2D eigenvalue weighted by Crippen LogP contribution is 2.35. The molecule has 2 saturated heterocycles. The average Bonchev–Trinajstić information content (AvgIpc) is 3.31. The first-order chi connectivity index (χ1) is 16.5. The Labute approximate surface area is 209 Å². The van der Waals surface area contributed by atoms with Gasteiger partial charge in [-0.25, -0.2) is 0 Å². The van der Waals surface area contributed by atoms with Gasteiger partial charge in [0.2, 0.25) is 5.91 Å². The Kier molecular flexibility index (Phi) is 6.58. The molecule has 0 saturated carbocycles. The number of aromatic nitrogens is 1. The highest BCUT2D eigenvalue weighted by molar-refractivity contribution is 9.10. The van der Waals surface area contributed by atoms with Gasteiger partial charge in [-0.1, -0.05) is 46.3 Å². The number of amides is 3. The van der Waals surface area contributed by atoms with Gasteiger partial charge in [-0.3, -0.25) is 19.3 Å². The molecular weight excluding hydrogens is 518 g/mol. The van der Waals surface area contributed by atoms with Crippen LogP contribution in [0.15, 0.2) is 64.1 Å². The maximum atomic E-state index is 13.0. The summed E-state index contributed by atoms with van der Waals surface area (Å²) in [5.74, 6) is -0.675. The fraction of sp³-hybridized carbons (Fsp3) is 0.240. The van der Waals surface area contributed by atoms with Gasteiger partial charge in [-0.2, -0.15) is 0 Å². The van der Waals surface area contributed by atoms with Crippen LogP contribution in [0.4, 0.5) is 4.79 Å². The second kappa shape index (κ2) is 9.77. The number of hydrogen-bond donors (Lipinski definition) is 0. The van der Waals surface area contributed by atoms with Gasteiger partial charge in [0.05, 0.1) is 18.1 Å². The lowest BCUT2D eigenvalue weighted by molar-refractivity contribution is -0.139. The van der Waals surface area contributed by atoms with Gasteiger partial charge in [0.15, 0.2) is 0 Å². The van der Waals surface area contributed by atoms with Crippen molar-refractivity contribution in [1.29, 1.82) is 0 Å². The van der Waals surface area contributed by atoms with E-state index in [2.05, 4.69) is 32.6 Å². The molecule has 0 unspecified atom stereocenters. The van der Waals surface area contributed by atoms with E-state index >= 15 is 0 Å². The standard InChI is InChI=1S/C25H22BrN3O4S/c26-19-6-7-21-20(13-19)18(15-28(21)14-17-4-2-1-3-5-17)12-22-24(31)29(25(32)34-22)16-23(30)27-8-10-33-11-9-27/h1-7,12-13,15H,8-11,14,16H2/b22-12-. The Balaban J connectivity index is 1.42. The predicted molar refractivity (Wildman–Crippen MR) is 135 cm³/mol. The SMILES string of the molecule is O=C(CN1C(=O)S/C(=C\c2cn(Cc3ccccc3)c3ccc(Br)cc23)C1=O)N1CCOCC1. The van der Waals surface area contributed by atoms with Gasteiger partial charge in [0.25, 0.3) is 11.1 Å². The first-order valence-electron chi connectivity index (χ1n) is 10.9. The molecule has 2 aliphatic rings. The molecule has 2 aromatic carbocycles. The van der Waals surface area contributed by atoms with Gasteiger partial charge in [0.1, 0.15) is 6.54 Å². The fourth-order valence-corrected chi connectivity index (χ4v) is 5.34. The lowest BCUT2D eigenvalue weighted by Gasteiger charge is -2.28. The van der Waals surface area contributed by atoms with Crippen molar-refractivity contribution in [2.24, 2.45) is 0 Å². The molecule has 1 aromatic heterocycles. The number of rotatable bonds is 5. The molecule has 0 bridgehead atoms. The minimum Gasteiger partial charge on any atom is -0.378 e. The molecule has 9 heteroatoms. The first kappa shape index (κ1) is 22.9. The summed E-state index contributed by atoms with van der Waals surface area (Å²) in [6, 6.07) is 16.2. The highest BCUT2D eigenvalue weighted by atomic mass is 79.9. The molecule has 0 atom stereocenters. The van der Waals surface area contributed by atoms with Gasteiger partial charge >= 0.3 is 0 Å². The lowest BCUT2D eigenvalue weighted by Crippen LogP contribution is -2.46. The van der Waals surface area contributed by atoms with E-state index in [1.807, 2.05) is 42.6 Å². The second-order valence-corrected chi connectivity index (χ2v) is 10.0. The van der Waals surface area contributed by atoms with Crippen molar-refractivity contribution in [1.82, 2.24) is 14.4 Å². The Morgan fingerprint density at radius 1 is 1.09 bits per heavy atom. The number of ether oxygens (including phenoxy) is 1. The zero-order valence-corrected chi connectivity index (χ0v) is 20.7. The average molecular weight is 540 g/mol. The molecule has 3 heterocycles. The minimum atomic E-state index is -0.435. The van der Waals surface area contributed by atoms with Crippen LogP contribution in [-0.2, 0) is 20.9 Å². The number of imide groups is 1. The van der Waals surface area contributed by atoms with Crippen LogP contribution >= 0.6 is 27.7 Å². The monoisotopic (exact) mass is 539 g/mol. The summed E-state index contributed by atoms with van der Waals surface area (Å²) in [7, 11) is 0. The van der Waals surface area contributed by atoms with Crippen LogP contribution in [0.1, 0.15) is 11.1 Å². The highest BCUT2D eigenvalue weighted by Gasteiger charge is 2.37. The summed E-state index contributed by atoms with van der Waals surface area (Å²) < 4.78 is 8.33. The number of carbonyl (C=O) groups excluding carboxylic acids is 3. The van der Waals surface area contributed by atoms with Crippen molar-refractivity contribution in [2.45, 2.75) is 6.54 Å². The van der Waals surface area contributed by atoms with E-state index in [1.165, 1.54) is 0 Å². The molecule has 3 amide bonds. The van der Waals surface area contributed by atoms with Crippen LogP contribution in [0.5, 0.6) is 0 Å². The molecule has 0 spiro atoms. The van der Waals surface area contributed by atoms with Crippen molar-refractivity contribution in [2.75, 3.05) is 32.8 Å². The molecule has 2 fully saturated rings. The number of morpholine rings is 1. The molecule has 5 rings (SSSR count). The van der Waals surface area contributed by atoms with E-state index in [1.54, 1.807) is 11.0 Å². The van der Waals surface area contributed by atoms with Crippen LogP contribution in [0.25, 0.3) is 17.0 Å². The van der Waals surface area contributed by atoms with Crippen LogP contribution in [0, 0.1) is 0 Å². The molecule has 7 nitrogen and oxygen atoms in total. The van der Waals surface area contributed by atoms with Gasteiger partial charge in [0, 0.05) is 46.8 Å². The molecule has 3 aromatic rings. The van der Waals surface area contributed by atoms with Crippen molar-refractivity contribution in [3.63, 3.8) is 0 Å². The number of benzene rings is 2. The third-order valence-electron chi connectivity index (χ3n) is 5.89. The number of nitrogens with zero attached hydrogens (tertiary/aromatic N) is 3. The zero-order valence-electron chi connectivity index (χ0n) is 18.3. The van der Waals surface area contributed by atoms with Gasteiger partial charge in [-0.15, -0.1) is 0 Å². The van der Waals surface area contributed by atoms with E-state index < -0.39 is 11.1 Å². The smallest absolute Gasteiger partial charge is 0.294 e. The van der Waals surface area contributed by atoms with Crippen LogP contribution < -0.4 is 0 Å². The maximum absolute atomic E-state index is 13.0. The number of fused-ring (bicyclic) bond motifs is 1. The predicted octanol–water partition coefficient (Wildman–Crippen LogP) is 4.35. The maximum Gasteiger partial charge on any atom is 0.294 e. The summed E-state index contributed by atoms with van der Waals surface area (Å²) >= 11 is 4.41. The van der Waals surface area contributed by atoms with Crippen molar-refractivity contribution in [3.8, 4) is 0 Å². The third-order valence-corrected chi connectivity index (χ3v) is 7.29. The minimum absolute atomic E-state index is 0.241. The van der Waals surface area contributed by atoms with E-state index in [9.17, 15) is 14.4 Å².